The van der Waals surface area contributed by atoms with E-state index in [9.17, 15) is 23.6 Å². The van der Waals surface area contributed by atoms with Gasteiger partial charge < -0.3 is 44.6 Å². The molecule has 324 valence electrons. The fourth-order valence-corrected chi connectivity index (χ4v) is 9.23. The van der Waals surface area contributed by atoms with Crippen molar-refractivity contribution in [3.05, 3.63) is 71.3 Å². The number of piperidine rings is 1. The highest BCUT2D eigenvalue weighted by Gasteiger charge is 2.56. The number of rotatable bonds is 10. The number of hydrogen-bond acceptors (Lipinski definition) is 9. The molecule has 4 aliphatic rings. The third-order valence-corrected chi connectivity index (χ3v) is 12.7. The fraction of sp³-hybridized carbons (Fsp3) is 0.500. The number of amides is 4. The van der Waals surface area contributed by atoms with E-state index in [0.29, 0.717) is 52.6 Å². The molecule has 4 N–H and O–H groups in total. The van der Waals surface area contributed by atoms with Gasteiger partial charge >= 0.3 is 12.2 Å². The van der Waals surface area contributed by atoms with Crippen LogP contribution >= 0.6 is 0 Å². The minimum Gasteiger partial charge on any atom is -0.457 e. The summed E-state index contributed by atoms with van der Waals surface area (Å²) in [5.41, 5.74) is 2.78. The fourth-order valence-electron chi connectivity index (χ4n) is 9.23. The van der Waals surface area contributed by atoms with Crippen LogP contribution in [0, 0.1) is 29.5 Å². The van der Waals surface area contributed by atoms with Crippen molar-refractivity contribution < 1.29 is 42.2 Å². The molecule has 0 radical (unpaired) electrons. The van der Waals surface area contributed by atoms with Crippen molar-refractivity contribution in [2.75, 3.05) is 27.3 Å². The number of methoxy groups -OCH3 is 2. The van der Waals surface area contributed by atoms with Crippen LogP contribution in [0.25, 0.3) is 22.5 Å². The van der Waals surface area contributed by atoms with Gasteiger partial charge in [0.15, 0.2) is 0 Å². The summed E-state index contributed by atoms with van der Waals surface area (Å²) in [4.78, 5) is 70.7. The number of aromatic amines is 2. The normalized spacial score (nSPS) is 23.1. The van der Waals surface area contributed by atoms with Crippen LogP contribution in [0.1, 0.15) is 89.2 Å². The zero-order valence-electron chi connectivity index (χ0n) is 35.5. The third kappa shape index (κ3) is 7.56. The van der Waals surface area contributed by atoms with Crippen LogP contribution in [-0.4, -0.2) is 99.3 Å². The van der Waals surface area contributed by atoms with E-state index in [-0.39, 0.29) is 48.2 Å². The lowest BCUT2D eigenvalue weighted by molar-refractivity contribution is -0.136. The Bertz CT molecular complexity index is 2380. The van der Waals surface area contributed by atoms with Crippen molar-refractivity contribution in [2.24, 2.45) is 23.7 Å². The van der Waals surface area contributed by atoms with E-state index in [2.05, 4.69) is 25.6 Å². The predicted molar refractivity (Wildman–Crippen MR) is 219 cm³/mol. The number of benzene rings is 2. The summed E-state index contributed by atoms with van der Waals surface area (Å²) in [6.07, 6.45) is 1.53. The maximum absolute atomic E-state index is 16.2. The van der Waals surface area contributed by atoms with Gasteiger partial charge in [-0.05, 0) is 60.4 Å². The van der Waals surface area contributed by atoms with E-state index < -0.39 is 53.6 Å². The molecule has 2 saturated heterocycles. The molecular weight excluding hydrogens is 791 g/mol. The number of alkyl halides is 1. The number of hydrogen-bond donors (Lipinski definition) is 4. The number of fused-ring (bicyclic) bond motifs is 3. The van der Waals surface area contributed by atoms with E-state index in [1.54, 1.807) is 19.9 Å². The molecule has 15 nitrogen and oxygen atoms in total. The summed E-state index contributed by atoms with van der Waals surface area (Å²) in [5.74, 6) is 1.07. The average Bonchev–Trinajstić information content (AvgIpc) is 3.70. The van der Waals surface area contributed by atoms with E-state index >= 15 is 4.39 Å². The smallest absolute Gasteiger partial charge is 0.407 e. The number of ether oxygens (including phenoxy) is 3. The first-order valence-electron chi connectivity index (χ1n) is 20.7. The van der Waals surface area contributed by atoms with Gasteiger partial charge in [-0.15, -0.1) is 0 Å². The second-order valence-electron chi connectivity index (χ2n) is 17.8. The lowest BCUT2D eigenvalue weighted by Gasteiger charge is -2.35. The van der Waals surface area contributed by atoms with Gasteiger partial charge in [0.1, 0.15) is 47.2 Å². The Balaban J connectivity index is 1.02. The van der Waals surface area contributed by atoms with Gasteiger partial charge in [-0.25, -0.2) is 28.3 Å². The molecule has 1 aliphatic carbocycles. The molecule has 3 aliphatic heterocycles. The summed E-state index contributed by atoms with van der Waals surface area (Å²) < 4.78 is 47.1. The van der Waals surface area contributed by atoms with E-state index in [1.807, 2.05) is 57.0 Å². The molecule has 61 heavy (non-hydrogen) atoms. The Morgan fingerprint density at radius 1 is 0.885 bits per heavy atom. The predicted octanol–water partition coefficient (Wildman–Crippen LogP) is 6.93. The molecule has 5 heterocycles. The van der Waals surface area contributed by atoms with Crippen molar-refractivity contribution in [1.82, 2.24) is 40.4 Å². The number of nitrogens with one attached hydrogen (secondary N) is 4. The van der Waals surface area contributed by atoms with Crippen LogP contribution in [0.2, 0.25) is 0 Å². The standard InChI is InChI=1S/C44H52F2N8O7/c1-20(2)35(51-42(57)59-7)40(55)53-19-24(45)13-32(53)38-47-17-31(50-38)26-14-34-28(15-29(26)46)44(5,6)27-12-22(9-10-33(27)61-34)30-16-48-39(49-30)37-25-11-23(25)18-54(37)41(56)36(21(3)4)52-43(58)60-8/h9-10,12,14-17,20-21,23-25,32,35-37H,11,13,18-19H2,1-8H3,(H,47,50)(H,48,49)(H,51,57)(H,52,58)/t23?,24?,25?,32-,35-,36-,37?/m0/s1. The molecule has 8 rings (SSSR count). The number of H-pyrrole nitrogens is 2. The minimum atomic E-state index is -1.32. The molecule has 4 unspecified atom stereocenters. The third-order valence-electron chi connectivity index (χ3n) is 12.7. The molecule has 1 saturated carbocycles. The molecule has 0 bridgehead atoms. The highest BCUT2D eigenvalue weighted by atomic mass is 19.1. The first kappa shape index (κ1) is 41.7. The van der Waals surface area contributed by atoms with Crippen LogP contribution in [0.4, 0.5) is 18.4 Å². The molecule has 0 spiro atoms. The van der Waals surface area contributed by atoms with Gasteiger partial charge in [-0.2, -0.15) is 0 Å². The second-order valence-corrected chi connectivity index (χ2v) is 17.8. The van der Waals surface area contributed by atoms with Crippen LogP contribution in [0.3, 0.4) is 0 Å². The molecule has 17 heteroatoms. The van der Waals surface area contributed by atoms with Crippen molar-refractivity contribution in [3.63, 3.8) is 0 Å². The monoisotopic (exact) mass is 842 g/mol. The number of imidazole rings is 2. The summed E-state index contributed by atoms with van der Waals surface area (Å²) in [6, 6.07) is 6.14. The second kappa shape index (κ2) is 15.8. The molecule has 3 fully saturated rings. The van der Waals surface area contributed by atoms with Crippen molar-refractivity contribution in [3.8, 4) is 34.0 Å². The lowest BCUT2D eigenvalue weighted by Crippen LogP contribution is -2.51. The number of nitrogens with zero attached hydrogens (tertiary/aromatic N) is 4. The highest BCUT2D eigenvalue weighted by molar-refractivity contribution is 5.87. The Kier molecular flexibility index (Phi) is 10.8. The van der Waals surface area contributed by atoms with Crippen molar-refractivity contribution in [1.29, 1.82) is 0 Å². The summed E-state index contributed by atoms with van der Waals surface area (Å²) in [7, 11) is 2.48. The molecule has 4 amide bonds. The molecular formula is C44H52F2N8O7. The van der Waals surface area contributed by atoms with E-state index in [1.165, 1.54) is 31.4 Å². The van der Waals surface area contributed by atoms with Gasteiger partial charge in [-0.1, -0.05) is 41.5 Å². The number of carbonyl (C=O) groups is 4. The van der Waals surface area contributed by atoms with Crippen LogP contribution < -0.4 is 15.4 Å². The quantitative estimate of drug-likeness (QED) is 0.132. The zero-order valence-corrected chi connectivity index (χ0v) is 35.5. The molecule has 4 aromatic rings. The maximum Gasteiger partial charge on any atom is 0.407 e. The summed E-state index contributed by atoms with van der Waals surface area (Å²) in [6.45, 7) is 11.7. The Labute approximate surface area is 352 Å². The van der Waals surface area contributed by atoms with Gasteiger partial charge in [0.2, 0.25) is 11.8 Å². The SMILES string of the molecule is COC(=O)N[C@H](C(=O)N1CC2CC2C1c1nc(-c2ccc3c(c2)C(C)(C)c2cc(F)c(-c4cnc([C@@H]5CC(F)CN5C(=O)[C@@H](NC(=O)OC)C(C)C)[nH]4)cc2O3)c[nH]1)C(C)C. The first-order chi connectivity index (χ1) is 29.0. The molecule has 7 atom stereocenters. The van der Waals surface area contributed by atoms with Crippen molar-refractivity contribution in [2.45, 2.75) is 90.1 Å². The number of aromatic nitrogens is 4. The lowest BCUT2D eigenvalue weighted by atomic mass is 9.75. The Hall–Kier alpha value is -6.00. The number of carbonyl (C=O) groups excluding carboxylic acids is 4. The summed E-state index contributed by atoms with van der Waals surface area (Å²) in [5, 5.41) is 5.26. The number of likely N-dealkylation sites (tertiary alicyclic amines) is 2. The number of alkyl carbamates (subject to hydrolysis) is 2. The number of halogens is 2. The Morgan fingerprint density at radius 3 is 2.20 bits per heavy atom. The first-order valence-corrected chi connectivity index (χ1v) is 20.7. The van der Waals surface area contributed by atoms with Crippen LogP contribution in [0.5, 0.6) is 11.5 Å². The van der Waals surface area contributed by atoms with Gasteiger partial charge in [-0.3, -0.25) is 9.59 Å². The van der Waals surface area contributed by atoms with Crippen molar-refractivity contribution >= 4 is 24.0 Å². The summed E-state index contributed by atoms with van der Waals surface area (Å²) >= 11 is 0. The van der Waals surface area contributed by atoms with Gasteiger partial charge in [0.05, 0.1) is 50.4 Å². The maximum atomic E-state index is 16.2. The van der Waals surface area contributed by atoms with Crippen LogP contribution in [0.15, 0.2) is 42.7 Å². The van der Waals surface area contributed by atoms with Gasteiger partial charge in [0.25, 0.3) is 0 Å². The average molecular weight is 843 g/mol. The highest BCUT2D eigenvalue weighted by Crippen LogP contribution is 2.56. The zero-order chi connectivity index (χ0) is 43.7. The van der Waals surface area contributed by atoms with E-state index in [4.69, 9.17) is 19.2 Å². The molecule has 2 aromatic carbocycles. The largest absolute Gasteiger partial charge is 0.457 e. The van der Waals surface area contributed by atoms with Crippen LogP contribution in [-0.2, 0) is 24.5 Å². The topological polar surface area (TPSA) is 184 Å². The van der Waals surface area contributed by atoms with Gasteiger partial charge in [0, 0.05) is 46.8 Å². The minimum absolute atomic E-state index is 0.0152. The van der Waals surface area contributed by atoms with E-state index in [0.717, 1.165) is 17.5 Å². The molecule has 2 aromatic heterocycles. The Morgan fingerprint density at radius 2 is 1.54 bits per heavy atom.